The third kappa shape index (κ3) is 3.41. The van der Waals surface area contributed by atoms with E-state index in [4.69, 9.17) is 0 Å². The number of benzene rings is 1. The van der Waals surface area contributed by atoms with Gasteiger partial charge < -0.3 is 5.32 Å². The Balaban J connectivity index is 2.03. The standard InChI is InChI=1S/C15H16FNOS/c1-3-11-5-6-12(19-11)9-17-15(18)13-8-10(2)4-7-14(13)16/h4-8H,3,9H2,1-2H3,(H,17,18). The second kappa shape index (κ2) is 5.97. The molecule has 2 nitrogen and oxygen atoms in total. The van der Waals surface area contributed by atoms with Gasteiger partial charge in [0.25, 0.3) is 5.91 Å². The first kappa shape index (κ1) is 13.7. The molecule has 1 aromatic carbocycles. The summed E-state index contributed by atoms with van der Waals surface area (Å²) in [5.74, 6) is -0.851. The van der Waals surface area contributed by atoms with Gasteiger partial charge in [-0.05, 0) is 37.6 Å². The van der Waals surface area contributed by atoms with E-state index >= 15 is 0 Å². The number of hydrogen-bond donors (Lipinski definition) is 1. The van der Waals surface area contributed by atoms with Crippen LogP contribution in [0.5, 0.6) is 0 Å². The van der Waals surface area contributed by atoms with E-state index in [1.54, 1.807) is 23.5 Å². The van der Waals surface area contributed by atoms with E-state index in [0.29, 0.717) is 6.54 Å². The van der Waals surface area contributed by atoms with Crippen LogP contribution in [0.3, 0.4) is 0 Å². The summed E-state index contributed by atoms with van der Waals surface area (Å²) in [7, 11) is 0. The molecular weight excluding hydrogens is 261 g/mol. The van der Waals surface area contributed by atoms with Crippen LogP contribution in [-0.2, 0) is 13.0 Å². The van der Waals surface area contributed by atoms with Crippen molar-refractivity contribution in [2.24, 2.45) is 0 Å². The summed E-state index contributed by atoms with van der Waals surface area (Å²) < 4.78 is 13.5. The Morgan fingerprint density at radius 3 is 2.68 bits per heavy atom. The molecule has 0 saturated heterocycles. The number of carbonyl (C=O) groups is 1. The van der Waals surface area contributed by atoms with Gasteiger partial charge in [-0.2, -0.15) is 0 Å². The Morgan fingerprint density at radius 1 is 1.26 bits per heavy atom. The summed E-state index contributed by atoms with van der Waals surface area (Å²) in [6.45, 7) is 4.37. The Kier molecular flexibility index (Phi) is 4.32. The first-order valence-corrected chi connectivity index (χ1v) is 7.03. The number of carbonyl (C=O) groups excluding carboxylic acids is 1. The van der Waals surface area contributed by atoms with Gasteiger partial charge in [-0.25, -0.2) is 4.39 Å². The molecule has 0 unspecified atom stereocenters. The summed E-state index contributed by atoms with van der Waals surface area (Å²) in [4.78, 5) is 14.3. The van der Waals surface area contributed by atoms with Gasteiger partial charge in [0.2, 0.25) is 0 Å². The van der Waals surface area contributed by atoms with Crippen molar-refractivity contribution >= 4 is 17.2 Å². The second-order valence-corrected chi connectivity index (χ2v) is 5.64. The SMILES string of the molecule is CCc1ccc(CNC(=O)c2cc(C)ccc2F)s1. The van der Waals surface area contributed by atoms with E-state index in [-0.39, 0.29) is 11.5 Å². The number of hydrogen-bond acceptors (Lipinski definition) is 2. The molecule has 0 atom stereocenters. The molecule has 1 aromatic heterocycles. The van der Waals surface area contributed by atoms with Gasteiger partial charge in [0.15, 0.2) is 0 Å². The van der Waals surface area contributed by atoms with Gasteiger partial charge >= 0.3 is 0 Å². The fraction of sp³-hybridized carbons (Fsp3) is 0.267. The van der Waals surface area contributed by atoms with E-state index in [1.807, 2.05) is 13.0 Å². The van der Waals surface area contributed by atoms with E-state index in [1.165, 1.54) is 10.9 Å². The van der Waals surface area contributed by atoms with Crippen LogP contribution in [0.15, 0.2) is 30.3 Å². The first-order valence-electron chi connectivity index (χ1n) is 6.22. The van der Waals surface area contributed by atoms with Gasteiger partial charge in [-0.3, -0.25) is 4.79 Å². The molecule has 0 saturated carbocycles. The predicted octanol–water partition coefficient (Wildman–Crippen LogP) is 3.69. The number of aryl methyl sites for hydroxylation is 2. The fourth-order valence-corrected chi connectivity index (χ4v) is 2.68. The quantitative estimate of drug-likeness (QED) is 0.907. The highest BCUT2D eigenvalue weighted by molar-refractivity contribution is 7.11. The van der Waals surface area contributed by atoms with Crippen LogP contribution >= 0.6 is 11.3 Å². The third-order valence-corrected chi connectivity index (χ3v) is 4.08. The maximum Gasteiger partial charge on any atom is 0.254 e. The molecule has 0 radical (unpaired) electrons. The molecule has 0 bridgehead atoms. The lowest BCUT2D eigenvalue weighted by molar-refractivity contribution is 0.0947. The van der Waals surface area contributed by atoms with Crippen molar-refractivity contribution in [1.82, 2.24) is 5.32 Å². The van der Waals surface area contributed by atoms with Crippen LogP contribution in [0, 0.1) is 12.7 Å². The van der Waals surface area contributed by atoms with Gasteiger partial charge in [-0.15, -0.1) is 11.3 Å². The molecule has 1 heterocycles. The first-order chi connectivity index (χ1) is 9.10. The minimum Gasteiger partial charge on any atom is -0.347 e. The minimum absolute atomic E-state index is 0.104. The number of amides is 1. The molecule has 2 rings (SSSR count). The lowest BCUT2D eigenvalue weighted by Crippen LogP contribution is -2.23. The lowest BCUT2D eigenvalue weighted by atomic mass is 10.1. The molecule has 0 aliphatic rings. The van der Waals surface area contributed by atoms with Crippen LogP contribution in [0.1, 0.15) is 32.6 Å². The minimum atomic E-state index is -0.483. The maximum absolute atomic E-state index is 13.5. The molecule has 0 spiro atoms. The average molecular weight is 277 g/mol. The topological polar surface area (TPSA) is 29.1 Å². The molecule has 19 heavy (non-hydrogen) atoms. The zero-order chi connectivity index (χ0) is 13.8. The molecule has 100 valence electrons. The van der Waals surface area contributed by atoms with Gasteiger partial charge in [0, 0.05) is 9.75 Å². The number of thiophene rings is 1. The molecule has 4 heteroatoms. The van der Waals surface area contributed by atoms with Crippen molar-refractivity contribution in [3.05, 3.63) is 57.0 Å². The zero-order valence-electron chi connectivity index (χ0n) is 11.0. The van der Waals surface area contributed by atoms with Crippen molar-refractivity contribution in [3.8, 4) is 0 Å². The molecule has 0 fully saturated rings. The lowest BCUT2D eigenvalue weighted by Gasteiger charge is -2.05. The normalized spacial score (nSPS) is 10.5. The maximum atomic E-state index is 13.5. The summed E-state index contributed by atoms with van der Waals surface area (Å²) in [6.07, 6.45) is 0.991. The fourth-order valence-electron chi connectivity index (χ4n) is 1.78. The van der Waals surface area contributed by atoms with E-state index in [9.17, 15) is 9.18 Å². The third-order valence-electron chi connectivity index (χ3n) is 2.86. The van der Waals surface area contributed by atoms with Crippen molar-refractivity contribution in [3.63, 3.8) is 0 Å². The molecule has 0 aliphatic heterocycles. The van der Waals surface area contributed by atoms with E-state index < -0.39 is 5.82 Å². The summed E-state index contributed by atoms with van der Waals surface area (Å²) in [6, 6.07) is 8.59. The summed E-state index contributed by atoms with van der Waals surface area (Å²) >= 11 is 1.67. The number of halogens is 1. The van der Waals surface area contributed by atoms with Crippen LogP contribution in [-0.4, -0.2) is 5.91 Å². The molecule has 0 aliphatic carbocycles. The number of rotatable bonds is 4. The zero-order valence-corrected chi connectivity index (χ0v) is 11.8. The molecule has 1 amide bonds. The summed E-state index contributed by atoms with van der Waals surface area (Å²) in [5.41, 5.74) is 0.975. The largest absolute Gasteiger partial charge is 0.347 e. The highest BCUT2D eigenvalue weighted by Gasteiger charge is 2.11. The van der Waals surface area contributed by atoms with Crippen LogP contribution in [0.4, 0.5) is 4.39 Å². The average Bonchev–Trinajstić information content (AvgIpc) is 2.87. The Bertz CT molecular complexity index is 592. The Labute approximate surface area is 116 Å². The van der Waals surface area contributed by atoms with Gasteiger partial charge in [-0.1, -0.05) is 18.6 Å². The van der Waals surface area contributed by atoms with Gasteiger partial charge in [0.1, 0.15) is 5.82 Å². The van der Waals surface area contributed by atoms with E-state index in [0.717, 1.165) is 16.9 Å². The van der Waals surface area contributed by atoms with Crippen molar-refractivity contribution < 1.29 is 9.18 Å². The van der Waals surface area contributed by atoms with Crippen molar-refractivity contribution in [1.29, 1.82) is 0 Å². The highest BCUT2D eigenvalue weighted by Crippen LogP contribution is 2.17. The monoisotopic (exact) mass is 277 g/mol. The Morgan fingerprint density at radius 2 is 2.00 bits per heavy atom. The highest BCUT2D eigenvalue weighted by atomic mass is 32.1. The smallest absolute Gasteiger partial charge is 0.254 e. The molecule has 2 aromatic rings. The second-order valence-electron chi connectivity index (χ2n) is 4.39. The van der Waals surface area contributed by atoms with E-state index in [2.05, 4.69) is 18.3 Å². The summed E-state index contributed by atoms with van der Waals surface area (Å²) in [5, 5.41) is 2.75. The van der Waals surface area contributed by atoms with Gasteiger partial charge in [0.05, 0.1) is 12.1 Å². The van der Waals surface area contributed by atoms with Crippen LogP contribution in [0.2, 0.25) is 0 Å². The molecular formula is C15H16FNOS. The van der Waals surface area contributed by atoms with Crippen molar-refractivity contribution in [2.75, 3.05) is 0 Å². The Hall–Kier alpha value is -1.68. The van der Waals surface area contributed by atoms with Crippen molar-refractivity contribution in [2.45, 2.75) is 26.8 Å². The van der Waals surface area contributed by atoms with Crippen LogP contribution < -0.4 is 5.32 Å². The molecule has 1 N–H and O–H groups in total. The van der Waals surface area contributed by atoms with Crippen LogP contribution in [0.25, 0.3) is 0 Å². The number of nitrogens with one attached hydrogen (secondary N) is 1. The predicted molar refractivity (Wildman–Crippen MR) is 76.0 cm³/mol.